The number of sulfonamides is 1. The zero-order valence-electron chi connectivity index (χ0n) is 16.0. The molecule has 0 fully saturated rings. The van der Waals surface area contributed by atoms with E-state index in [0.29, 0.717) is 23.7 Å². The summed E-state index contributed by atoms with van der Waals surface area (Å²) in [7, 11) is -3.78. The van der Waals surface area contributed by atoms with Gasteiger partial charge in [-0.15, -0.1) is 0 Å². The van der Waals surface area contributed by atoms with Gasteiger partial charge in [-0.1, -0.05) is 51.5 Å². The summed E-state index contributed by atoms with van der Waals surface area (Å²) in [5.41, 5.74) is 3.24. The van der Waals surface area contributed by atoms with E-state index in [-0.39, 0.29) is 17.3 Å². The number of amides is 1. The molecule has 0 saturated heterocycles. The van der Waals surface area contributed by atoms with E-state index < -0.39 is 10.0 Å². The Labute approximate surface area is 161 Å². The van der Waals surface area contributed by atoms with Gasteiger partial charge in [0.25, 0.3) is 10.0 Å². The van der Waals surface area contributed by atoms with Crippen LogP contribution in [-0.4, -0.2) is 27.4 Å². The number of anilines is 1. The van der Waals surface area contributed by atoms with Crippen LogP contribution >= 0.6 is 0 Å². The van der Waals surface area contributed by atoms with Crippen LogP contribution in [0.25, 0.3) is 11.1 Å². The van der Waals surface area contributed by atoms with Crippen molar-refractivity contribution in [3.05, 3.63) is 48.0 Å². The summed E-state index contributed by atoms with van der Waals surface area (Å²) < 4.78 is 27.6. The highest BCUT2D eigenvalue weighted by atomic mass is 32.2. The second-order valence-corrected chi connectivity index (χ2v) is 8.97. The maximum atomic E-state index is 13.2. The number of carbonyl (C=O) groups excluding carboxylic acids is 1. The lowest BCUT2D eigenvalue weighted by atomic mass is 9.95. The van der Waals surface area contributed by atoms with Gasteiger partial charge >= 0.3 is 0 Å². The third kappa shape index (κ3) is 3.72. The highest BCUT2D eigenvalue weighted by Crippen LogP contribution is 2.43. The van der Waals surface area contributed by atoms with Gasteiger partial charge in [-0.2, -0.15) is 0 Å². The number of nitrogens with one attached hydrogen (secondary N) is 1. The van der Waals surface area contributed by atoms with Crippen molar-refractivity contribution in [1.29, 1.82) is 0 Å². The van der Waals surface area contributed by atoms with E-state index in [0.717, 1.165) is 24.0 Å². The van der Waals surface area contributed by atoms with Crippen molar-refractivity contribution in [2.45, 2.75) is 44.4 Å². The second-order valence-electron chi connectivity index (χ2n) is 7.14. The van der Waals surface area contributed by atoms with E-state index in [2.05, 4.69) is 19.2 Å². The van der Waals surface area contributed by atoms with Crippen molar-refractivity contribution in [3.8, 4) is 11.1 Å². The Bertz CT molecular complexity index is 952. The minimum atomic E-state index is -3.78. The van der Waals surface area contributed by atoms with Crippen LogP contribution in [0.2, 0.25) is 0 Å². The van der Waals surface area contributed by atoms with Crippen molar-refractivity contribution >= 4 is 21.6 Å². The minimum absolute atomic E-state index is 0.214. The smallest absolute Gasteiger partial charge is 0.265 e. The first-order valence-electron chi connectivity index (χ1n) is 9.39. The number of fused-ring (bicyclic) bond motifs is 3. The monoisotopic (exact) mass is 386 g/mol. The lowest BCUT2D eigenvalue weighted by Crippen LogP contribution is -2.42. The zero-order valence-corrected chi connectivity index (χ0v) is 16.8. The first-order valence-corrected chi connectivity index (χ1v) is 10.8. The predicted molar refractivity (Wildman–Crippen MR) is 108 cm³/mol. The fourth-order valence-corrected chi connectivity index (χ4v) is 4.92. The zero-order chi connectivity index (χ0) is 19.6. The Morgan fingerprint density at radius 2 is 1.85 bits per heavy atom. The molecule has 0 atom stereocenters. The fourth-order valence-electron chi connectivity index (χ4n) is 3.27. The number of benzene rings is 2. The van der Waals surface area contributed by atoms with Crippen molar-refractivity contribution in [2.24, 2.45) is 0 Å². The average Bonchev–Trinajstić information content (AvgIpc) is 2.65. The number of hydrogen-bond donors (Lipinski definition) is 1. The minimum Gasteiger partial charge on any atom is -0.355 e. The average molecular weight is 387 g/mol. The van der Waals surface area contributed by atoms with Crippen LogP contribution in [0, 0.1) is 0 Å². The van der Waals surface area contributed by atoms with Gasteiger partial charge in [-0.3, -0.25) is 9.10 Å². The third-order valence-electron chi connectivity index (χ3n) is 4.84. The molecule has 0 aromatic heterocycles. The Morgan fingerprint density at radius 3 is 2.56 bits per heavy atom. The van der Waals surface area contributed by atoms with Crippen LogP contribution in [0.4, 0.5) is 5.69 Å². The third-order valence-corrected chi connectivity index (χ3v) is 6.66. The summed E-state index contributed by atoms with van der Waals surface area (Å²) >= 11 is 0. The number of rotatable bonds is 6. The topological polar surface area (TPSA) is 66.5 Å². The number of nitrogens with zero attached hydrogens (tertiary/aromatic N) is 1. The molecular weight excluding hydrogens is 360 g/mol. The lowest BCUT2D eigenvalue weighted by Gasteiger charge is -2.32. The van der Waals surface area contributed by atoms with Gasteiger partial charge < -0.3 is 5.32 Å². The van der Waals surface area contributed by atoms with Gasteiger partial charge in [0, 0.05) is 17.7 Å². The summed E-state index contributed by atoms with van der Waals surface area (Å²) in [5.74, 6) is 0.0390. The summed E-state index contributed by atoms with van der Waals surface area (Å²) in [6.07, 6.45) is 1.84. The molecule has 1 heterocycles. The summed E-state index contributed by atoms with van der Waals surface area (Å²) in [4.78, 5) is 12.6. The van der Waals surface area contributed by atoms with Crippen molar-refractivity contribution in [1.82, 2.24) is 5.32 Å². The van der Waals surface area contributed by atoms with Gasteiger partial charge in [0.05, 0.1) is 10.6 Å². The molecule has 0 bridgehead atoms. The van der Waals surface area contributed by atoms with Gasteiger partial charge in [-0.05, 0) is 36.1 Å². The molecule has 6 heteroatoms. The molecule has 0 spiro atoms. The molecule has 0 radical (unpaired) electrons. The highest BCUT2D eigenvalue weighted by molar-refractivity contribution is 7.93. The van der Waals surface area contributed by atoms with E-state index in [4.69, 9.17) is 0 Å². The van der Waals surface area contributed by atoms with Crippen molar-refractivity contribution in [2.75, 3.05) is 17.4 Å². The van der Waals surface area contributed by atoms with E-state index in [1.807, 2.05) is 37.3 Å². The quantitative estimate of drug-likeness (QED) is 0.766. The van der Waals surface area contributed by atoms with Crippen LogP contribution < -0.4 is 9.62 Å². The summed E-state index contributed by atoms with van der Waals surface area (Å²) in [5, 5.41) is 2.81. The largest absolute Gasteiger partial charge is 0.355 e. The van der Waals surface area contributed by atoms with Gasteiger partial charge in [0.15, 0.2) is 0 Å². The molecule has 0 saturated carbocycles. The predicted octanol–water partition coefficient (Wildman–Crippen LogP) is 3.90. The van der Waals surface area contributed by atoms with Crippen molar-refractivity contribution in [3.63, 3.8) is 0 Å². The molecule has 2 aromatic carbocycles. The molecule has 5 nitrogen and oxygen atoms in total. The van der Waals surface area contributed by atoms with Crippen LogP contribution in [0.5, 0.6) is 0 Å². The Kier molecular flexibility index (Phi) is 5.56. The summed E-state index contributed by atoms with van der Waals surface area (Å²) in [6, 6.07) is 12.8. The van der Waals surface area contributed by atoms with E-state index >= 15 is 0 Å². The molecule has 2 aromatic rings. The van der Waals surface area contributed by atoms with E-state index in [1.165, 1.54) is 4.31 Å². The van der Waals surface area contributed by atoms with Gasteiger partial charge in [0.2, 0.25) is 5.91 Å². The Balaban J connectivity index is 2.06. The standard InChI is InChI=1S/C21H26N2O3S/c1-4-5-12-22-21(24)14-23-19-11-10-16(15(2)3)13-18(19)17-8-6-7-9-20(17)27(23,25)26/h6-11,13,15H,4-5,12,14H2,1-3H3,(H,22,24). The molecule has 1 aliphatic heterocycles. The SMILES string of the molecule is CCCCNC(=O)CN1c2ccc(C(C)C)cc2-c2ccccc2S1(=O)=O. The molecule has 27 heavy (non-hydrogen) atoms. The van der Waals surface area contributed by atoms with E-state index in [9.17, 15) is 13.2 Å². The Morgan fingerprint density at radius 1 is 1.11 bits per heavy atom. The normalized spacial score (nSPS) is 14.6. The van der Waals surface area contributed by atoms with Gasteiger partial charge in [0.1, 0.15) is 6.54 Å². The second kappa shape index (κ2) is 7.72. The fraction of sp³-hybridized carbons (Fsp3) is 0.381. The molecule has 0 aliphatic carbocycles. The molecular formula is C21H26N2O3S. The van der Waals surface area contributed by atoms with Crippen LogP contribution in [0.15, 0.2) is 47.4 Å². The van der Waals surface area contributed by atoms with Crippen LogP contribution in [0.1, 0.15) is 45.1 Å². The summed E-state index contributed by atoms with van der Waals surface area (Å²) in [6.45, 7) is 6.59. The highest BCUT2D eigenvalue weighted by Gasteiger charge is 2.35. The van der Waals surface area contributed by atoms with Gasteiger partial charge in [-0.25, -0.2) is 8.42 Å². The number of carbonyl (C=O) groups is 1. The number of unbranched alkanes of at least 4 members (excludes halogenated alkanes) is 1. The van der Waals surface area contributed by atoms with Crippen LogP contribution in [-0.2, 0) is 14.8 Å². The number of hydrogen-bond acceptors (Lipinski definition) is 3. The first kappa shape index (κ1) is 19.4. The molecule has 1 aliphatic rings. The maximum absolute atomic E-state index is 13.2. The molecule has 1 amide bonds. The molecule has 3 rings (SSSR count). The first-order chi connectivity index (χ1) is 12.9. The maximum Gasteiger partial charge on any atom is 0.265 e. The molecule has 144 valence electrons. The van der Waals surface area contributed by atoms with Crippen LogP contribution in [0.3, 0.4) is 0 Å². The van der Waals surface area contributed by atoms with Crippen molar-refractivity contribution < 1.29 is 13.2 Å². The van der Waals surface area contributed by atoms with E-state index in [1.54, 1.807) is 12.1 Å². The lowest BCUT2D eigenvalue weighted by molar-refractivity contribution is -0.119. The molecule has 0 unspecified atom stereocenters. The molecule has 1 N–H and O–H groups in total. The Hall–Kier alpha value is -2.34.